The highest BCUT2D eigenvalue weighted by molar-refractivity contribution is 6.35. The van der Waals surface area contributed by atoms with Crippen molar-refractivity contribution in [1.82, 2.24) is 4.90 Å². The number of carbonyl (C=O) groups is 3. The van der Waals surface area contributed by atoms with Crippen LogP contribution < -0.4 is 0 Å². The van der Waals surface area contributed by atoms with Gasteiger partial charge in [0, 0.05) is 15.7 Å². The predicted molar refractivity (Wildman–Crippen MR) is 108 cm³/mol. The molecule has 29 heavy (non-hydrogen) atoms. The lowest BCUT2D eigenvalue weighted by Gasteiger charge is -2.48. The van der Waals surface area contributed by atoms with Crippen molar-refractivity contribution in [3.05, 3.63) is 45.6 Å². The number of carboxylic acid groups (broad SMARTS) is 1. The zero-order valence-electron chi connectivity index (χ0n) is 16.1. The second kappa shape index (κ2) is 8.76. The topological polar surface area (TPSA) is 83.9 Å². The van der Waals surface area contributed by atoms with Gasteiger partial charge in [-0.25, -0.2) is 0 Å². The molecule has 2 atom stereocenters. The number of allylic oxidation sites excluding steroid dienone is 1. The molecule has 6 nitrogen and oxygen atoms in total. The van der Waals surface area contributed by atoms with Crippen LogP contribution in [0.15, 0.2) is 30.0 Å². The first kappa shape index (κ1) is 21.7. The van der Waals surface area contributed by atoms with Crippen LogP contribution in [0, 0.1) is 11.3 Å². The number of carbonyl (C=O) groups excluding carboxylic acids is 2. The van der Waals surface area contributed by atoms with Crippen molar-refractivity contribution in [1.29, 1.82) is 0 Å². The van der Waals surface area contributed by atoms with Gasteiger partial charge in [-0.3, -0.25) is 14.4 Å². The zero-order chi connectivity index (χ0) is 21.2. The molecule has 0 radical (unpaired) electrons. The number of carboxylic acids is 1. The first-order valence-corrected chi connectivity index (χ1v) is 10.4. The van der Waals surface area contributed by atoms with Crippen LogP contribution in [0.4, 0.5) is 0 Å². The van der Waals surface area contributed by atoms with Crippen LogP contribution in [0.1, 0.15) is 44.6 Å². The van der Waals surface area contributed by atoms with Crippen LogP contribution in [-0.4, -0.2) is 34.5 Å². The third-order valence-corrected chi connectivity index (χ3v) is 6.15. The second-order valence-electron chi connectivity index (χ2n) is 7.44. The van der Waals surface area contributed by atoms with Gasteiger partial charge in [0.1, 0.15) is 5.41 Å². The minimum absolute atomic E-state index is 0.137. The molecule has 1 aromatic carbocycles. The average Bonchev–Trinajstić information content (AvgIpc) is 2.66. The van der Waals surface area contributed by atoms with Crippen LogP contribution in [0.2, 0.25) is 10.0 Å². The largest absolute Gasteiger partial charge is 0.481 e. The molecule has 0 unspecified atom stereocenters. The molecule has 1 N–H and O–H groups in total. The van der Waals surface area contributed by atoms with Crippen molar-refractivity contribution in [3.63, 3.8) is 0 Å². The Morgan fingerprint density at radius 1 is 1.34 bits per heavy atom. The fraction of sp³-hybridized carbons (Fsp3) is 0.476. The van der Waals surface area contributed by atoms with E-state index in [0.717, 1.165) is 12.8 Å². The van der Waals surface area contributed by atoms with Crippen molar-refractivity contribution in [2.45, 2.75) is 45.6 Å². The van der Waals surface area contributed by atoms with E-state index in [9.17, 15) is 19.5 Å². The molecule has 1 aliphatic heterocycles. The number of aliphatic carboxylic acids is 1. The number of hydrogen-bond donors (Lipinski definition) is 1. The molecule has 0 spiro atoms. The van der Waals surface area contributed by atoms with Gasteiger partial charge in [0.15, 0.2) is 0 Å². The molecule has 2 aliphatic rings. The highest BCUT2D eigenvalue weighted by Crippen LogP contribution is 2.50. The number of piperidine rings is 1. The lowest BCUT2D eigenvalue weighted by molar-refractivity contribution is -0.163. The SMILES string of the molecule is CCOC(=O)[C@]12CCCC=C1N(Cc1ccc(Cl)cc1Cl)C(=O)[C@@H](CC(=O)O)C2. The molecule has 1 fully saturated rings. The van der Waals surface area contributed by atoms with Crippen LogP contribution in [0.25, 0.3) is 0 Å². The number of benzene rings is 1. The molecular weight excluding hydrogens is 417 g/mol. The molecule has 3 rings (SSSR count). The van der Waals surface area contributed by atoms with Gasteiger partial charge in [-0.15, -0.1) is 0 Å². The molecule has 1 amide bonds. The zero-order valence-corrected chi connectivity index (χ0v) is 17.6. The van der Waals surface area contributed by atoms with Gasteiger partial charge in [0.05, 0.1) is 25.5 Å². The summed E-state index contributed by atoms with van der Waals surface area (Å²) in [7, 11) is 0. The Bertz CT molecular complexity index is 869. The van der Waals surface area contributed by atoms with E-state index in [-0.39, 0.29) is 31.9 Å². The van der Waals surface area contributed by atoms with Gasteiger partial charge >= 0.3 is 11.9 Å². The van der Waals surface area contributed by atoms with Crippen LogP contribution in [0.3, 0.4) is 0 Å². The van der Waals surface area contributed by atoms with E-state index in [1.165, 1.54) is 4.90 Å². The molecular formula is C21H23Cl2NO5. The third kappa shape index (κ3) is 4.28. The highest BCUT2D eigenvalue weighted by Gasteiger charge is 2.54. The summed E-state index contributed by atoms with van der Waals surface area (Å²) in [5.74, 6) is -2.60. The Labute approximate surface area is 179 Å². The number of esters is 1. The molecule has 0 saturated carbocycles. The van der Waals surface area contributed by atoms with Crippen molar-refractivity contribution in [2.75, 3.05) is 6.61 Å². The number of amides is 1. The number of halogens is 2. The van der Waals surface area contributed by atoms with Gasteiger partial charge in [-0.1, -0.05) is 35.3 Å². The van der Waals surface area contributed by atoms with Gasteiger partial charge in [-0.2, -0.15) is 0 Å². The van der Waals surface area contributed by atoms with E-state index in [1.807, 2.05) is 6.08 Å². The number of ether oxygens (including phenoxy) is 1. The monoisotopic (exact) mass is 439 g/mol. The van der Waals surface area contributed by atoms with Crippen molar-refractivity contribution in [3.8, 4) is 0 Å². The molecule has 1 aliphatic carbocycles. The number of likely N-dealkylation sites (tertiary alicyclic amines) is 1. The normalized spacial score (nSPS) is 24.0. The van der Waals surface area contributed by atoms with E-state index in [0.29, 0.717) is 27.7 Å². The fourth-order valence-electron chi connectivity index (χ4n) is 4.30. The highest BCUT2D eigenvalue weighted by atomic mass is 35.5. The van der Waals surface area contributed by atoms with Crippen LogP contribution >= 0.6 is 23.2 Å². The first-order chi connectivity index (χ1) is 13.8. The van der Waals surface area contributed by atoms with Crippen LogP contribution in [-0.2, 0) is 25.7 Å². The maximum absolute atomic E-state index is 13.2. The molecule has 1 heterocycles. The molecule has 1 saturated heterocycles. The van der Waals surface area contributed by atoms with Crippen LogP contribution in [0.5, 0.6) is 0 Å². The van der Waals surface area contributed by atoms with E-state index in [2.05, 4.69) is 0 Å². The molecule has 0 bridgehead atoms. The maximum atomic E-state index is 13.2. The number of rotatable bonds is 6. The van der Waals surface area contributed by atoms with Crippen molar-refractivity contribution >= 4 is 41.0 Å². The molecule has 0 aromatic heterocycles. The van der Waals surface area contributed by atoms with Gasteiger partial charge in [0.2, 0.25) is 5.91 Å². The predicted octanol–water partition coefficient (Wildman–Crippen LogP) is 4.43. The summed E-state index contributed by atoms with van der Waals surface area (Å²) in [6, 6.07) is 5.00. The molecule has 8 heteroatoms. The number of nitrogens with zero attached hydrogens (tertiary/aromatic N) is 1. The van der Waals surface area contributed by atoms with E-state index in [4.69, 9.17) is 27.9 Å². The lowest BCUT2D eigenvalue weighted by atomic mass is 9.66. The number of hydrogen-bond acceptors (Lipinski definition) is 4. The Morgan fingerprint density at radius 3 is 2.76 bits per heavy atom. The Kier molecular flexibility index (Phi) is 6.54. The smallest absolute Gasteiger partial charge is 0.318 e. The maximum Gasteiger partial charge on any atom is 0.318 e. The van der Waals surface area contributed by atoms with E-state index >= 15 is 0 Å². The van der Waals surface area contributed by atoms with E-state index < -0.39 is 23.3 Å². The Balaban J connectivity index is 2.05. The summed E-state index contributed by atoms with van der Waals surface area (Å²) in [5, 5.41) is 10.2. The summed E-state index contributed by atoms with van der Waals surface area (Å²) >= 11 is 12.3. The average molecular weight is 440 g/mol. The molecule has 1 aromatic rings. The number of fused-ring (bicyclic) bond motifs is 1. The summed E-state index contributed by atoms with van der Waals surface area (Å²) in [4.78, 5) is 39.1. The summed E-state index contributed by atoms with van der Waals surface area (Å²) in [5.41, 5.74) is 0.255. The summed E-state index contributed by atoms with van der Waals surface area (Å²) in [6.45, 7) is 2.08. The minimum atomic E-state index is -1.07. The summed E-state index contributed by atoms with van der Waals surface area (Å²) < 4.78 is 5.36. The molecule has 156 valence electrons. The van der Waals surface area contributed by atoms with Gasteiger partial charge in [-0.05, 0) is 50.3 Å². The van der Waals surface area contributed by atoms with Crippen molar-refractivity contribution < 1.29 is 24.2 Å². The van der Waals surface area contributed by atoms with E-state index in [1.54, 1.807) is 25.1 Å². The lowest BCUT2D eigenvalue weighted by Crippen LogP contribution is -2.53. The summed E-state index contributed by atoms with van der Waals surface area (Å²) in [6.07, 6.45) is 3.74. The fourth-order valence-corrected chi connectivity index (χ4v) is 4.77. The second-order valence-corrected chi connectivity index (χ2v) is 8.29. The van der Waals surface area contributed by atoms with Gasteiger partial charge < -0.3 is 14.7 Å². The minimum Gasteiger partial charge on any atom is -0.481 e. The Hall–Kier alpha value is -2.05. The third-order valence-electron chi connectivity index (χ3n) is 5.57. The quantitative estimate of drug-likeness (QED) is 0.662. The first-order valence-electron chi connectivity index (χ1n) is 9.63. The van der Waals surface area contributed by atoms with Crippen molar-refractivity contribution in [2.24, 2.45) is 11.3 Å². The Morgan fingerprint density at radius 2 is 2.10 bits per heavy atom. The van der Waals surface area contributed by atoms with Gasteiger partial charge in [0.25, 0.3) is 0 Å². The standard InChI is InChI=1S/C21H23Cl2NO5/c1-2-29-20(28)21-8-4-3-5-17(21)24(19(27)14(11-21)9-18(25)26)12-13-6-7-15(22)10-16(13)23/h5-7,10,14H,2-4,8-9,11-12H2,1H3,(H,25,26)/t14-,21-/m0/s1.